The molecular formula is C16H19FN4O2. The third-order valence-electron chi connectivity index (χ3n) is 4.03. The van der Waals surface area contributed by atoms with Gasteiger partial charge in [0.25, 0.3) is 0 Å². The molecule has 1 aromatic heterocycles. The van der Waals surface area contributed by atoms with Crippen LogP contribution in [0.25, 0.3) is 11.4 Å². The minimum Gasteiger partial charge on any atom is -0.342 e. The fraction of sp³-hybridized carbons (Fsp3) is 0.438. The van der Waals surface area contributed by atoms with E-state index in [2.05, 4.69) is 10.1 Å². The largest absolute Gasteiger partial charge is 0.342 e. The van der Waals surface area contributed by atoms with Gasteiger partial charge in [-0.2, -0.15) is 4.98 Å². The van der Waals surface area contributed by atoms with Crippen LogP contribution < -0.4 is 5.73 Å². The first-order valence-electron chi connectivity index (χ1n) is 7.75. The molecule has 2 aromatic rings. The van der Waals surface area contributed by atoms with Crippen molar-refractivity contribution >= 4 is 5.91 Å². The van der Waals surface area contributed by atoms with Crippen molar-refractivity contribution in [3.63, 3.8) is 0 Å². The van der Waals surface area contributed by atoms with E-state index in [0.29, 0.717) is 36.8 Å². The fourth-order valence-corrected chi connectivity index (χ4v) is 2.80. The van der Waals surface area contributed by atoms with E-state index in [-0.39, 0.29) is 17.6 Å². The van der Waals surface area contributed by atoms with Crippen LogP contribution in [0.15, 0.2) is 28.8 Å². The number of carbonyl (C=O) groups excluding carboxylic acids is 1. The molecule has 0 aliphatic carbocycles. The molecule has 1 atom stereocenters. The topological polar surface area (TPSA) is 85.3 Å². The zero-order chi connectivity index (χ0) is 16.2. The Morgan fingerprint density at radius 3 is 2.91 bits per heavy atom. The number of hydrogen-bond acceptors (Lipinski definition) is 5. The van der Waals surface area contributed by atoms with Crippen LogP contribution in [-0.2, 0) is 4.79 Å². The van der Waals surface area contributed by atoms with Crippen LogP contribution in [0.1, 0.15) is 31.1 Å². The number of halogens is 1. The number of rotatable bonds is 4. The number of aromatic nitrogens is 2. The second kappa shape index (κ2) is 6.87. The van der Waals surface area contributed by atoms with E-state index in [0.717, 1.165) is 19.4 Å². The Morgan fingerprint density at radius 2 is 2.17 bits per heavy atom. The molecule has 3 rings (SSSR count). The molecule has 0 radical (unpaired) electrons. The summed E-state index contributed by atoms with van der Waals surface area (Å²) < 4.78 is 18.3. The lowest BCUT2D eigenvalue weighted by molar-refractivity contribution is -0.132. The van der Waals surface area contributed by atoms with Crippen LogP contribution >= 0.6 is 0 Å². The number of likely N-dealkylation sites (tertiary alicyclic amines) is 1. The Balaban J connectivity index is 1.72. The molecule has 6 nitrogen and oxygen atoms in total. The maximum atomic E-state index is 13.0. The highest BCUT2D eigenvalue weighted by Gasteiger charge is 2.28. The van der Waals surface area contributed by atoms with E-state index in [1.54, 1.807) is 12.1 Å². The third-order valence-corrected chi connectivity index (χ3v) is 4.03. The van der Waals surface area contributed by atoms with Gasteiger partial charge in [-0.1, -0.05) is 5.16 Å². The lowest BCUT2D eigenvalue weighted by atomic mass is 9.97. The molecule has 7 heteroatoms. The summed E-state index contributed by atoms with van der Waals surface area (Å²) in [7, 11) is 0. The molecule has 1 saturated heterocycles. The Kier molecular flexibility index (Phi) is 4.66. The lowest BCUT2D eigenvalue weighted by Crippen LogP contribution is -2.39. The minimum absolute atomic E-state index is 0.0344. The molecule has 2 N–H and O–H groups in total. The van der Waals surface area contributed by atoms with Gasteiger partial charge in [0.05, 0.1) is 5.92 Å². The smallest absolute Gasteiger partial charge is 0.231 e. The molecule has 2 heterocycles. The van der Waals surface area contributed by atoms with Gasteiger partial charge in [-0.3, -0.25) is 4.79 Å². The van der Waals surface area contributed by atoms with E-state index >= 15 is 0 Å². The molecule has 0 bridgehead atoms. The Morgan fingerprint density at radius 1 is 1.39 bits per heavy atom. The predicted molar refractivity (Wildman–Crippen MR) is 81.9 cm³/mol. The Labute approximate surface area is 133 Å². The van der Waals surface area contributed by atoms with Crippen molar-refractivity contribution in [2.45, 2.75) is 25.2 Å². The number of nitrogens with zero attached hydrogens (tertiary/aromatic N) is 3. The second-order valence-electron chi connectivity index (χ2n) is 5.68. The van der Waals surface area contributed by atoms with Crippen molar-refractivity contribution in [2.24, 2.45) is 5.73 Å². The molecule has 1 aliphatic rings. The monoisotopic (exact) mass is 318 g/mol. The van der Waals surface area contributed by atoms with Crippen LogP contribution in [0.5, 0.6) is 0 Å². The average molecular weight is 318 g/mol. The summed E-state index contributed by atoms with van der Waals surface area (Å²) in [5, 5.41) is 3.97. The number of hydrogen-bond donors (Lipinski definition) is 1. The van der Waals surface area contributed by atoms with E-state index < -0.39 is 0 Å². The predicted octanol–water partition coefficient (Wildman–Crippen LogP) is 1.93. The standard InChI is InChI=1S/C16H19FN4O2/c17-13-5-3-11(4-6-13)15-19-16(23-20-15)12-2-1-9-21(10-12)14(22)7-8-18/h3-6,12H,1-2,7-10,18H2. The normalized spacial score (nSPS) is 18.2. The van der Waals surface area contributed by atoms with Gasteiger partial charge < -0.3 is 15.2 Å². The lowest BCUT2D eigenvalue weighted by Gasteiger charge is -2.31. The highest BCUT2D eigenvalue weighted by Crippen LogP contribution is 2.27. The molecule has 23 heavy (non-hydrogen) atoms. The van der Waals surface area contributed by atoms with E-state index in [1.807, 2.05) is 4.90 Å². The van der Waals surface area contributed by atoms with Gasteiger partial charge in [-0.05, 0) is 37.1 Å². The van der Waals surface area contributed by atoms with E-state index in [4.69, 9.17) is 10.3 Å². The molecule has 1 amide bonds. The summed E-state index contributed by atoms with van der Waals surface area (Å²) in [6.07, 6.45) is 2.16. The van der Waals surface area contributed by atoms with Crippen LogP contribution in [0, 0.1) is 5.82 Å². The molecule has 1 fully saturated rings. The molecule has 1 aliphatic heterocycles. The number of nitrogens with two attached hydrogens (primary N) is 1. The van der Waals surface area contributed by atoms with Gasteiger partial charge in [0, 0.05) is 31.6 Å². The van der Waals surface area contributed by atoms with Gasteiger partial charge in [0.1, 0.15) is 5.82 Å². The number of benzene rings is 1. The first kappa shape index (κ1) is 15.6. The summed E-state index contributed by atoms with van der Waals surface area (Å²) in [6, 6.07) is 5.95. The van der Waals surface area contributed by atoms with Gasteiger partial charge in [0.2, 0.25) is 17.6 Å². The zero-order valence-electron chi connectivity index (χ0n) is 12.7. The van der Waals surface area contributed by atoms with Crippen molar-refractivity contribution in [3.8, 4) is 11.4 Å². The van der Waals surface area contributed by atoms with Crippen molar-refractivity contribution in [3.05, 3.63) is 36.0 Å². The van der Waals surface area contributed by atoms with Crippen LogP contribution in [0.3, 0.4) is 0 Å². The number of amides is 1. The second-order valence-corrected chi connectivity index (χ2v) is 5.68. The van der Waals surface area contributed by atoms with Crippen molar-refractivity contribution in [1.82, 2.24) is 15.0 Å². The molecule has 1 unspecified atom stereocenters. The summed E-state index contributed by atoms with van der Waals surface area (Å²) in [6.45, 7) is 1.67. The fourth-order valence-electron chi connectivity index (χ4n) is 2.80. The van der Waals surface area contributed by atoms with E-state index in [9.17, 15) is 9.18 Å². The minimum atomic E-state index is -0.307. The van der Waals surface area contributed by atoms with Crippen LogP contribution in [0.2, 0.25) is 0 Å². The summed E-state index contributed by atoms with van der Waals surface area (Å²) in [4.78, 5) is 18.2. The maximum Gasteiger partial charge on any atom is 0.231 e. The highest BCUT2D eigenvalue weighted by atomic mass is 19.1. The number of carbonyl (C=O) groups is 1. The van der Waals surface area contributed by atoms with Gasteiger partial charge >= 0.3 is 0 Å². The van der Waals surface area contributed by atoms with Crippen LogP contribution in [0.4, 0.5) is 4.39 Å². The molecule has 0 spiro atoms. The Hall–Kier alpha value is -2.28. The first-order valence-corrected chi connectivity index (χ1v) is 7.75. The third kappa shape index (κ3) is 3.56. The van der Waals surface area contributed by atoms with Gasteiger partial charge in [-0.25, -0.2) is 4.39 Å². The maximum absolute atomic E-state index is 13.0. The molecular weight excluding hydrogens is 299 g/mol. The first-order chi connectivity index (χ1) is 11.2. The van der Waals surface area contributed by atoms with Gasteiger partial charge in [-0.15, -0.1) is 0 Å². The van der Waals surface area contributed by atoms with Crippen molar-refractivity contribution in [1.29, 1.82) is 0 Å². The SMILES string of the molecule is NCCC(=O)N1CCCC(c2nc(-c3ccc(F)cc3)no2)C1. The van der Waals surface area contributed by atoms with Crippen LogP contribution in [-0.4, -0.2) is 40.6 Å². The quantitative estimate of drug-likeness (QED) is 0.931. The summed E-state index contributed by atoms with van der Waals surface area (Å²) in [5.41, 5.74) is 6.15. The molecule has 0 saturated carbocycles. The average Bonchev–Trinajstić information content (AvgIpc) is 3.06. The summed E-state index contributed by atoms with van der Waals surface area (Å²) >= 11 is 0. The number of piperidine rings is 1. The molecule has 122 valence electrons. The Bertz CT molecular complexity index is 671. The summed E-state index contributed by atoms with van der Waals surface area (Å²) in [5.74, 6) is 0.751. The van der Waals surface area contributed by atoms with E-state index in [1.165, 1.54) is 12.1 Å². The molecule has 1 aromatic carbocycles. The van der Waals surface area contributed by atoms with Crippen molar-refractivity contribution < 1.29 is 13.7 Å². The zero-order valence-corrected chi connectivity index (χ0v) is 12.7. The van der Waals surface area contributed by atoms with Gasteiger partial charge in [0.15, 0.2) is 0 Å². The highest BCUT2D eigenvalue weighted by molar-refractivity contribution is 5.76. The van der Waals surface area contributed by atoms with Crippen molar-refractivity contribution in [2.75, 3.05) is 19.6 Å².